The minimum atomic E-state index is -3.83. The summed E-state index contributed by atoms with van der Waals surface area (Å²) in [7, 11) is -3.83. The van der Waals surface area contributed by atoms with Gasteiger partial charge in [0.1, 0.15) is 5.82 Å². The molecular weight excluding hydrogens is 291 g/mol. The van der Waals surface area contributed by atoms with Gasteiger partial charge in [-0.3, -0.25) is 4.72 Å². The van der Waals surface area contributed by atoms with Crippen molar-refractivity contribution in [2.24, 2.45) is 0 Å². The number of rotatable bonds is 4. The Morgan fingerprint density at radius 2 is 1.71 bits per heavy atom. The standard InChI is InChI=1S/C15H17FN2O2S/c1-10(2)11-3-5-12(6-4-11)18-21(19,20)13-7-8-15(17)14(16)9-13/h3-10,18H,17H2,1-2H3. The number of nitrogens with two attached hydrogens (primary N) is 1. The minimum absolute atomic E-state index is 0.0877. The molecule has 6 heteroatoms. The van der Waals surface area contributed by atoms with Crippen LogP contribution in [-0.4, -0.2) is 8.42 Å². The molecule has 0 amide bonds. The van der Waals surface area contributed by atoms with Gasteiger partial charge in [0.15, 0.2) is 0 Å². The highest BCUT2D eigenvalue weighted by Crippen LogP contribution is 2.21. The van der Waals surface area contributed by atoms with Crippen LogP contribution in [0.25, 0.3) is 0 Å². The summed E-state index contributed by atoms with van der Waals surface area (Å²) in [5, 5.41) is 0. The summed E-state index contributed by atoms with van der Waals surface area (Å²) < 4.78 is 40.1. The second-order valence-corrected chi connectivity index (χ2v) is 6.75. The molecule has 4 nitrogen and oxygen atoms in total. The van der Waals surface area contributed by atoms with E-state index in [9.17, 15) is 12.8 Å². The Morgan fingerprint density at radius 3 is 2.24 bits per heavy atom. The van der Waals surface area contributed by atoms with Crippen LogP contribution in [0.2, 0.25) is 0 Å². The van der Waals surface area contributed by atoms with Gasteiger partial charge in [0.25, 0.3) is 10.0 Å². The van der Waals surface area contributed by atoms with Gasteiger partial charge in [-0.05, 0) is 41.8 Å². The van der Waals surface area contributed by atoms with Gasteiger partial charge in [0.2, 0.25) is 0 Å². The van der Waals surface area contributed by atoms with Crippen molar-refractivity contribution in [3.8, 4) is 0 Å². The van der Waals surface area contributed by atoms with Crippen molar-refractivity contribution in [2.45, 2.75) is 24.7 Å². The zero-order valence-corrected chi connectivity index (χ0v) is 12.6. The lowest BCUT2D eigenvalue weighted by Crippen LogP contribution is -2.13. The van der Waals surface area contributed by atoms with Crippen molar-refractivity contribution in [3.05, 3.63) is 53.8 Å². The predicted octanol–water partition coefficient (Wildman–Crippen LogP) is 3.33. The molecule has 0 spiro atoms. The molecule has 2 aromatic rings. The van der Waals surface area contributed by atoms with Gasteiger partial charge in [0.05, 0.1) is 10.6 Å². The van der Waals surface area contributed by atoms with Gasteiger partial charge >= 0.3 is 0 Å². The monoisotopic (exact) mass is 308 g/mol. The molecule has 21 heavy (non-hydrogen) atoms. The summed E-state index contributed by atoms with van der Waals surface area (Å²) in [6, 6.07) is 10.5. The van der Waals surface area contributed by atoms with E-state index in [-0.39, 0.29) is 10.6 Å². The maximum Gasteiger partial charge on any atom is 0.261 e. The van der Waals surface area contributed by atoms with Crippen molar-refractivity contribution in [2.75, 3.05) is 10.5 Å². The third-order valence-electron chi connectivity index (χ3n) is 3.11. The topological polar surface area (TPSA) is 72.2 Å². The van der Waals surface area contributed by atoms with Gasteiger partial charge in [-0.2, -0.15) is 0 Å². The Labute approximate surface area is 123 Å². The van der Waals surface area contributed by atoms with Crippen molar-refractivity contribution < 1.29 is 12.8 Å². The molecule has 0 aliphatic heterocycles. The van der Waals surface area contributed by atoms with Crippen LogP contribution in [0.4, 0.5) is 15.8 Å². The number of anilines is 2. The molecule has 0 atom stereocenters. The Bertz CT molecular complexity index is 741. The van der Waals surface area contributed by atoms with E-state index < -0.39 is 15.8 Å². The third-order valence-corrected chi connectivity index (χ3v) is 4.49. The lowest BCUT2D eigenvalue weighted by atomic mass is 10.0. The Hall–Kier alpha value is -2.08. The highest BCUT2D eigenvalue weighted by atomic mass is 32.2. The number of benzene rings is 2. The molecule has 0 heterocycles. The van der Waals surface area contributed by atoms with E-state index in [2.05, 4.69) is 18.6 Å². The van der Waals surface area contributed by atoms with E-state index in [1.807, 2.05) is 12.1 Å². The molecule has 0 radical (unpaired) electrons. The first-order valence-electron chi connectivity index (χ1n) is 6.47. The minimum Gasteiger partial charge on any atom is -0.396 e. The van der Waals surface area contributed by atoms with E-state index in [1.165, 1.54) is 12.1 Å². The lowest BCUT2D eigenvalue weighted by Gasteiger charge is -2.10. The Balaban J connectivity index is 2.26. The summed E-state index contributed by atoms with van der Waals surface area (Å²) in [5.41, 5.74) is 6.79. The molecule has 0 bridgehead atoms. The number of halogens is 1. The molecule has 0 unspecified atom stereocenters. The number of hydrogen-bond acceptors (Lipinski definition) is 3. The third kappa shape index (κ3) is 3.52. The Kier molecular flexibility index (Phi) is 4.18. The number of hydrogen-bond donors (Lipinski definition) is 2. The average molecular weight is 308 g/mol. The number of sulfonamides is 1. The van der Waals surface area contributed by atoms with E-state index in [0.29, 0.717) is 11.6 Å². The number of nitrogen functional groups attached to an aromatic ring is 1. The molecule has 112 valence electrons. The van der Waals surface area contributed by atoms with Gasteiger partial charge < -0.3 is 5.73 Å². The zero-order chi connectivity index (χ0) is 15.6. The van der Waals surface area contributed by atoms with Crippen LogP contribution in [-0.2, 0) is 10.0 Å². The predicted molar refractivity (Wildman–Crippen MR) is 82.2 cm³/mol. The summed E-state index contributed by atoms with van der Waals surface area (Å²) in [4.78, 5) is -0.165. The van der Waals surface area contributed by atoms with E-state index in [0.717, 1.165) is 11.6 Å². The molecule has 3 N–H and O–H groups in total. The van der Waals surface area contributed by atoms with Crippen LogP contribution < -0.4 is 10.5 Å². The summed E-state index contributed by atoms with van der Waals surface area (Å²) in [5.74, 6) is -0.394. The van der Waals surface area contributed by atoms with Gasteiger partial charge in [-0.15, -0.1) is 0 Å². The molecule has 0 fully saturated rings. The van der Waals surface area contributed by atoms with Crippen LogP contribution in [0, 0.1) is 5.82 Å². The maximum atomic E-state index is 13.4. The van der Waals surface area contributed by atoms with Crippen LogP contribution in [0.3, 0.4) is 0 Å². The Morgan fingerprint density at radius 1 is 1.10 bits per heavy atom. The second-order valence-electron chi connectivity index (χ2n) is 5.07. The molecule has 0 aliphatic carbocycles. The normalized spacial score (nSPS) is 11.6. The highest BCUT2D eigenvalue weighted by molar-refractivity contribution is 7.92. The van der Waals surface area contributed by atoms with E-state index >= 15 is 0 Å². The van der Waals surface area contributed by atoms with Crippen LogP contribution in [0.15, 0.2) is 47.4 Å². The largest absolute Gasteiger partial charge is 0.396 e. The molecule has 2 rings (SSSR count). The fraction of sp³-hybridized carbons (Fsp3) is 0.200. The van der Waals surface area contributed by atoms with Crippen LogP contribution in [0.5, 0.6) is 0 Å². The highest BCUT2D eigenvalue weighted by Gasteiger charge is 2.16. The van der Waals surface area contributed by atoms with Crippen molar-refractivity contribution >= 4 is 21.4 Å². The fourth-order valence-electron chi connectivity index (χ4n) is 1.83. The molecule has 0 aromatic heterocycles. The first kappa shape index (κ1) is 15.3. The van der Waals surface area contributed by atoms with Gasteiger partial charge in [-0.1, -0.05) is 26.0 Å². The van der Waals surface area contributed by atoms with Crippen LogP contribution in [0.1, 0.15) is 25.3 Å². The average Bonchev–Trinajstić information content (AvgIpc) is 2.42. The zero-order valence-electron chi connectivity index (χ0n) is 11.8. The summed E-state index contributed by atoms with van der Waals surface area (Å²) >= 11 is 0. The summed E-state index contributed by atoms with van der Waals surface area (Å²) in [6.07, 6.45) is 0. The van der Waals surface area contributed by atoms with Crippen molar-refractivity contribution in [1.82, 2.24) is 0 Å². The van der Waals surface area contributed by atoms with Crippen molar-refractivity contribution in [3.63, 3.8) is 0 Å². The molecular formula is C15H17FN2O2S. The first-order chi connectivity index (χ1) is 9.79. The second kappa shape index (κ2) is 5.73. The van der Waals surface area contributed by atoms with Gasteiger partial charge in [-0.25, -0.2) is 12.8 Å². The van der Waals surface area contributed by atoms with E-state index in [1.54, 1.807) is 12.1 Å². The SMILES string of the molecule is CC(C)c1ccc(NS(=O)(=O)c2ccc(N)c(F)c2)cc1. The lowest BCUT2D eigenvalue weighted by molar-refractivity contribution is 0.596. The smallest absolute Gasteiger partial charge is 0.261 e. The van der Waals surface area contributed by atoms with Crippen molar-refractivity contribution in [1.29, 1.82) is 0 Å². The summed E-state index contributed by atoms with van der Waals surface area (Å²) in [6.45, 7) is 4.10. The maximum absolute atomic E-state index is 13.4. The van der Waals surface area contributed by atoms with E-state index in [4.69, 9.17) is 5.73 Å². The molecule has 2 aromatic carbocycles. The molecule has 0 saturated heterocycles. The number of nitrogens with one attached hydrogen (secondary N) is 1. The van der Waals surface area contributed by atoms with Crippen LogP contribution >= 0.6 is 0 Å². The fourth-order valence-corrected chi connectivity index (χ4v) is 2.90. The first-order valence-corrected chi connectivity index (χ1v) is 7.96. The van der Waals surface area contributed by atoms with Gasteiger partial charge in [0, 0.05) is 5.69 Å². The molecule has 0 aliphatic rings. The molecule has 0 saturated carbocycles. The quantitative estimate of drug-likeness (QED) is 0.851.